The fourth-order valence-corrected chi connectivity index (χ4v) is 2.82. The Labute approximate surface area is 141 Å². The third kappa shape index (κ3) is 3.84. The predicted molar refractivity (Wildman–Crippen MR) is 91.9 cm³/mol. The van der Waals surface area contributed by atoms with E-state index in [2.05, 4.69) is 33.3 Å². The number of hydrogen-bond donors (Lipinski definition) is 2. The summed E-state index contributed by atoms with van der Waals surface area (Å²) in [4.78, 5) is 15.8. The van der Waals surface area contributed by atoms with Crippen molar-refractivity contribution < 1.29 is 9.53 Å². The minimum atomic E-state index is -0.405. The maximum absolute atomic E-state index is 11.1. The maximum atomic E-state index is 11.1. The lowest BCUT2D eigenvalue weighted by Gasteiger charge is -2.10. The number of hydrogen-bond acceptors (Lipinski definition) is 5. The highest BCUT2D eigenvalue weighted by Crippen LogP contribution is 2.27. The summed E-state index contributed by atoms with van der Waals surface area (Å²) in [5, 5.41) is 12.2. The molecule has 0 aromatic carbocycles. The van der Waals surface area contributed by atoms with Crippen LogP contribution < -0.4 is 10.6 Å². The van der Waals surface area contributed by atoms with Gasteiger partial charge in [-0.15, -0.1) is 0 Å². The molecule has 0 aliphatic heterocycles. The standard InChI is InChI=1S/C17H25N5O2/c1-11-5-8-14-15(12(2)20-13-6-7-13)21-22(16(14)19-11)10-4-9-18-17(23)24-3/h5,8,12-13,20H,4,6-7,9-10H2,1-3H3,(H,18,23)/t12-/m1/s1. The first-order valence-electron chi connectivity index (χ1n) is 8.50. The van der Waals surface area contributed by atoms with Crippen LogP contribution >= 0.6 is 0 Å². The van der Waals surface area contributed by atoms with E-state index in [0.29, 0.717) is 19.1 Å². The molecule has 24 heavy (non-hydrogen) atoms. The van der Waals surface area contributed by atoms with Crippen molar-refractivity contribution in [2.45, 2.75) is 51.7 Å². The molecule has 1 atom stereocenters. The minimum absolute atomic E-state index is 0.207. The van der Waals surface area contributed by atoms with Gasteiger partial charge in [-0.1, -0.05) is 0 Å². The molecule has 1 saturated carbocycles. The Morgan fingerprint density at radius 2 is 2.25 bits per heavy atom. The van der Waals surface area contributed by atoms with E-state index in [9.17, 15) is 4.79 Å². The number of carbonyl (C=O) groups is 1. The second-order valence-electron chi connectivity index (χ2n) is 6.37. The molecule has 7 nitrogen and oxygen atoms in total. The largest absolute Gasteiger partial charge is 0.453 e. The van der Waals surface area contributed by atoms with Crippen LogP contribution in [0, 0.1) is 6.92 Å². The van der Waals surface area contributed by atoms with Gasteiger partial charge < -0.3 is 15.4 Å². The van der Waals surface area contributed by atoms with Gasteiger partial charge in [-0.05, 0) is 45.2 Å². The van der Waals surface area contributed by atoms with Crippen molar-refractivity contribution in [3.05, 3.63) is 23.5 Å². The van der Waals surface area contributed by atoms with Gasteiger partial charge in [-0.2, -0.15) is 5.10 Å². The lowest BCUT2D eigenvalue weighted by Crippen LogP contribution is -2.25. The molecule has 2 heterocycles. The maximum Gasteiger partial charge on any atom is 0.406 e. The Morgan fingerprint density at radius 3 is 2.96 bits per heavy atom. The van der Waals surface area contributed by atoms with Gasteiger partial charge in [0.05, 0.1) is 12.8 Å². The van der Waals surface area contributed by atoms with Gasteiger partial charge in [0.15, 0.2) is 5.65 Å². The molecule has 7 heteroatoms. The van der Waals surface area contributed by atoms with Gasteiger partial charge in [0, 0.05) is 36.3 Å². The highest BCUT2D eigenvalue weighted by Gasteiger charge is 2.26. The number of ether oxygens (including phenoxy) is 1. The van der Waals surface area contributed by atoms with E-state index in [-0.39, 0.29) is 6.04 Å². The molecule has 130 valence electrons. The number of nitrogens with zero attached hydrogens (tertiary/aromatic N) is 3. The van der Waals surface area contributed by atoms with Crippen LogP contribution in [-0.4, -0.2) is 40.6 Å². The van der Waals surface area contributed by atoms with Crippen LogP contribution in [0.25, 0.3) is 11.0 Å². The van der Waals surface area contributed by atoms with Gasteiger partial charge in [0.25, 0.3) is 0 Å². The first-order chi connectivity index (χ1) is 11.6. The molecular formula is C17H25N5O2. The Hall–Kier alpha value is -2.15. The van der Waals surface area contributed by atoms with E-state index in [1.807, 2.05) is 17.7 Å². The van der Waals surface area contributed by atoms with Crippen molar-refractivity contribution in [1.82, 2.24) is 25.4 Å². The fraction of sp³-hybridized carbons (Fsp3) is 0.588. The molecule has 1 aliphatic rings. The molecule has 1 fully saturated rings. The van der Waals surface area contributed by atoms with Crippen LogP contribution in [0.15, 0.2) is 12.1 Å². The quantitative estimate of drug-likeness (QED) is 0.761. The number of aryl methyl sites for hydroxylation is 2. The van der Waals surface area contributed by atoms with Crippen molar-refractivity contribution in [3.8, 4) is 0 Å². The van der Waals surface area contributed by atoms with E-state index in [1.54, 1.807) is 0 Å². The van der Waals surface area contributed by atoms with Gasteiger partial charge in [-0.3, -0.25) is 0 Å². The number of alkyl carbamates (subject to hydrolysis) is 1. The predicted octanol–water partition coefficient (Wildman–Crippen LogP) is 2.30. The summed E-state index contributed by atoms with van der Waals surface area (Å²) in [6.07, 6.45) is 2.86. The minimum Gasteiger partial charge on any atom is -0.453 e. The molecule has 0 spiro atoms. The second-order valence-corrected chi connectivity index (χ2v) is 6.37. The lowest BCUT2D eigenvalue weighted by molar-refractivity contribution is 0.170. The molecule has 3 rings (SSSR count). The Kier molecular flexibility index (Phi) is 4.99. The topological polar surface area (TPSA) is 81.1 Å². The number of rotatable bonds is 7. The molecule has 0 unspecified atom stereocenters. The van der Waals surface area contributed by atoms with E-state index in [1.165, 1.54) is 20.0 Å². The van der Waals surface area contributed by atoms with Crippen LogP contribution in [0.5, 0.6) is 0 Å². The van der Waals surface area contributed by atoms with Gasteiger partial charge in [-0.25, -0.2) is 14.5 Å². The zero-order chi connectivity index (χ0) is 17.1. The molecule has 2 aromatic rings. The van der Waals surface area contributed by atoms with Crippen LogP contribution in [0.3, 0.4) is 0 Å². The summed E-state index contributed by atoms with van der Waals surface area (Å²) in [7, 11) is 1.36. The smallest absolute Gasteiger partial charge is 0.406 e. The van der Waals surface area contributed by atoms with Crippen molar-refractivity contribution in [1.29, 1.82) is 0 Å². The van der Waals surface area contributed by atoms with E-state index < -0.39 is 6.09 Å². The van der Waals surface area contributed by atoms with Crippen LogP contribution in [0.2, 0.25) is 0 Å². The van der Waals surface area contributed by atoms with Crippen LogP contribution in [0.4, 0.5) is 4.79 Å². The van der Waals surface area contributed by atoms with Crippen molar-refractivity contribution in [3.63, 3.8) is 0 Å². The van der Waals surface area contributed by atoms with Gasteiger partial charge in [0.2, 0.25) is 0 Å². The Balaban J connectivity index is 1.75. The van der Waals surface area contributed by atoms with Gasteiger partial charge >= 0.3 is 6.09 Å². The fourth-order valence-electron chi connectivity index (χ4n) is 2.82. The average molecular weight is 331 g/mol. The molecule has 2 aromatic heterocycles. The number of nitrogens with one attached hydrogen (secondary N) is 2. The van der Waals surface area contributed by atoms with E-state index in [0.717, 1.165) is 28.8 Å². The average Bonchev–Trinajstić information content (AvgIpc) is 3.31. The number of methoxy groups -OCH3 is 1. The number of aromatic nitrogens is 3. The third-order valence-electron chi connectivity index (χ3n) is 4.24. The summed E-state index contributed by atoms with van der Waals surface area (Å²) in [5.74, 6) is 0. The van der Waals surface area contributed by atoms with Crippen LogP contribution in [0.1, 0.15) is 43.6 Å². The lowest BCUT2D eigenvalue weighted by atomic mass is 10.1. The Morgan fingerprint density at radius 1 is 1.46 bits per heavy atom. The Bertz CT molecular complexity index is 723. The molecule has 0 bridgehead atoms. The zero-order valence-corrected chi connectivity index (χ0v) is 14.5. The first-order valence-corrected chi connectivity index (χ1v) is 8.50. The summed E-state index contributed by atoms with van der Waals surface area (Å²) < 4.78 is 6.52. The van der Waals surface area contributed by atoms with Crippen molar-refractivity contribution >= 4 is 17.1 Å². The van der Waals surface area contributed by atoms with E-state index in [4.69, 9.17) is 5.10 Å². The summed E-state index contributed by atoms with van der Waals surface area (Å²) >= 11 is 0. The van der Waals surface area contributed by atoms with E-state index >= 15 is 0 Å². The highest BCUT2D eigenvalue weighted by atomic mass is 16.5. The number of fused-ring (bicyclic) bond motifs is 1. The molecule has 1 amide bonds. The molecule has 0 radical (unpaired) electrons. The SMILES string of the molecule is COC(=O)NCCCn1nc([C@@H](C)NC2CC2)c2ccc(C)nc21. The first kappa shape index (κ1) is 16.7. The van der Waals surface area contributed by atoms with Crippen molar-refractivity contribution in [2.75, 3.05) is 13.7 Å². The summed E-state index contributed by atoms with van der Waals surface area (Å²) in [6.45, 7) is 5.39. The molecule has 0 saturated heterocycles. The molecule has 2 N–H and O–H groups in total. The zero-order valence-electron chi connectivity index (χ0n) is 14.5. The second kappa shape index (κ2) is 7.17. The third-order valence-corrected chi connectivity index (χ3v) is 4.24. The summed E-state index contributed by atoms with van der Waals surface area (Å²) in [6, 6.07) is 4.97. The summed E-state index contributed by atoms with van der Waals surface area (Å²) in [5.41, 5.74) is 2.93. The number of carbonyl (C=O) groups excluding carboxylic acids is 1. The van der Waals surface area contributed by atoms with Crippen molar-refractivity contribution in [2.24, 2.45) is 0 Å². The molecule has 1 aliphatic carbocycles. The van der Waals surface area contributed by atoms with Crippen LogP contribution in [-0.2, 0) is 11.3 Å². The highest BCUT2D eigenvalue weighted by molar-refractivity contribution is 5.79. The normalized spacial score (nSPS) is 15.5. The monoisotopic (exact) mass is 331 g/mol. The number of amides is 1. The molecular weight excluding hydrogens is 306 g/mol. The van der Waals surface area contributed by atoms with Gasteiger partial charge in [0.1, 0.15) is 0 Å². The number of pyridine rings is 1.